The second-order valence-electron chi connectivity index (χ2n) is 5.64. The molecule has 0 unspecified atom stereocenters. The van der Waals surface area contributed by atoms with Crippen LogP contribution in [0.1, 0.15) is 32.1 Å². The molecule has 0 amide bonds. The topological polar surface area (TPSA) is 47.3 Å². The molecule has 1 saturated carbocycles. The average Bonchev–Trinajstić information content (AvgIpc) is 3.01. The Hall–Kier alpha value is -0.800. The molecule has 1 aliphatic heterocycles. The molecule has 1 saturated heterocycles. The summed E-state index contributed by atoms with van der Waals surface area (Å²) in [5.74, 6) is 0. The van der Waals surface area contributed by atoms with Gasteiger partial charge in [-0.3, -0.25) is 0 Å². The molecule has 0 aromatic carbocycles. The van der Waals surface area contributed by atoms with Crippen LogP contribution in [0.2, 0.25) is 0 Å². The summed E-state index contributed by atoms with van der Waals surface area (Å²) in [7, 11) is 0. The number of halogens is 3. The lowest BCUT2D eigenvalue weighted by atomic mass is 9.90. The maximum Gasteiger partial charge on any atom is 0.417 e. The quantitative estimate of drug-likeness (QED) is 0.847. The zero-order valence-corrected chi connectivity index (χ0v) is 10.1. The van der Waals surface area contributed by atoms with Crippen LogP contribution < -0.4 is 0 Å². The van der Waals surface area contributed by atoms with Gasteiger partial charge in [-0.2, -0.15) is 18.4 Å². The van der Waals surface area contributed by atoms with E-state index in [2.05, 4.69) is 6.07 Å². The summed E-state index contributed by atoms with van der Waals surface area (Å²) in [6.07, 6.45) is -2.62. The Morgan fingerprint density at radius 1 is 1.17 bits per heavy atom. The number of hydrogen-bond donors (Lipinski definition) is 1. The minimum absolute atomic E-state index is 0.0163. The highest BCUT2D eigenvalue weighted by Gasteiger charge is 2.55. The van der Waals surface area contributed by atoms with Crippen molar-refractivity contribution in [2.24, 2.45) is 5.41 Å². The van der Waals surface area contributed by atoms with E-state index < -0.39 is 11.8 Å². The molecule has 0 atom stereocenters. The fourth-order valence-corrected chi connectivity index (χ4v) is 2.57. The molecule has 102 valence electrons. The molecule has 0 spiro atoms. The highest BCUT2D eigenvalue weighted by Crippen LogP contribution is 2.50. The van der Waals surface area contributed by atoms with Gasteiger partial charge in [0, 0.05) is 26.1 Å². The first-order valence-corrected chi connectivity index (χ1v) is 6.19. The van der Waals surface area contributed by atoms with Gasteiger partial charge in [0.1, 0.15) is 0 Å². The van der Waals surface area contributed by atoms with Crippen molar-refractivity contribution in [2.75, 3.05) is 19.6 Å². The molecule has 0 aromatic rings. The molecule has 3 nitrogen and oxygen atoms in total. The molecular formula is C12H17F3N2O. The van der Waals surface area contributed by atoms with Crippen molar-refractivity contribution in [1.82, 2.24) is 4.90 Å². The Kier molecular flexibility index (Phi) is 3.32. The predicted octanol–water partition coefficient (Wildman–Crippen LogP) is 2.07. The van der Waals surface area contributed by atoms with Gasteiger partial charge in [-0.1, -0.05) is 0 Å². The summed E-state index contributed by atoms with van der Waals surface area (Å²) in [6.45, 7) is 1.20. The van der Waals surface area contributed by atoms with E-state index >= 15 is 0 Å². The zero-order valence-electron chi connectivity index (χ0n) is 10.1. The van der Waals surface area contributed by atoms with Crippen molar-refractivity contribution in [2.45, 2.75) is 43.9 Å². The number of rotatable bonds is 3. The first kappa shape index (κ1) is 13.6. The lowest BCUT2D eigenvalue weighted by molar-refractivity contribution is -0.272. The van der Waals surface area contributed by atoms with Crippen LogP contribution in [-0.2, 0) is 0 Å². The number of aliphatic hydroxyl groups is 1. The van der Waals surface area contributed by atoms with Crippen LogP contribution in [0.25, 0.3) is 0 Å². The predicted molar refractivity (Wildman–Crippen MR) is 58.6 cm³/mol. The van der Waals surface area contributed by atoms with Crippen molar-refractivity contribution >= 4 is 0 Å². The number of nitrogens with zero attached hydrogens (tertiary/aromatic N) is 2. The fraction of sp³-hybridized carbons (Fsp3) is 0.917. The third kappa shape index (κ3) is 2.62. The highest BCUT2D eigenvalue weighted by atomic mass is 19.4. The maximum absolute atomic E-state index is 12.6. The third-order valence-electron chi connectivity index (χ3n) is 4.18. The van der Waals surface area contributed by atoms with E-state index in [1.165, 1.54) is 0 Å². The van der Waals surface area contributed by atoms with Gasteiger partial charge >= 0.3 is 6.18 Å². The Bertz CT molecular complexity index is 349. The molecule has 0 radical (unpaired) electrons. The monoisotopic (exact) mass is 262 g/mol. The second kappa shape index (κ2) is 4.39. The number of likely N-dealkylation sites (tertiary alicyclic amines) is 1. The summed E-state index contributed by atoms with van der Waals surface area (Å²) in [5, 5.41) is 18.2. The largest absolute Gasteiger partial charge is 0.417 e. The molecule has 0 aromatic heterocycles. The highest BCUT2D eigenvalue weighted by molar-refractivity contribution is 5.02. The van der Waals surface area contributed by atoms with Gasteiger partial charge in [-0.25, -0.2) is 0 Å². The van der Waals surface area contributed by atoms with Crippen molar-refractivity contribution in [1.29, 1.82) is 5.26 Å². The molecule has 2 rings (SSSR count). The van der Waals surface area contributed by atoms with Crippen molar-refractivity contribution in [3.63, 3.8) is 0 Å². The van der Waals surface area contributed by atoms with Gasteiger partial charge in [-0.05, 0) is 31.1 Å². The van der Waals surface area contributed by atoms with Gasteiger partial charge in [-0.15, -0.1) is 0 Å². The minimum atomic E-state index is -4.54. The second-order valence-corrected chi connectivity index (χ2v) is 5.64. The van der Waals surface area contributed by atoms with E-state index in [1.54, 1.807) is 0 Å². The minimum Gasteiger partial charge on any atom is -0.380 e. The average molecular weight is 262 g/mol. The van der Waals surface area contributed by atoms with E-state index in [1.807, 2.05) is 4.90 Å². The van der Waals surface area contributed by atoms with E-state index in [-0.39, 0.29) is 31.3 Å². The Morgan fingerprint density at radius 2 is 1.72 bits per heavy atom. The molecule has 1 heterocycles. The van der Waals surface area contributed by atoms with Crippen LogP contribution in [0, 0.1) is 16.7 Å². The zero-order chi connectivity index (χ0) is 13.4. The molecule has 0 bridgehead atoms. The molecule has 6 heteroatoms. The summed E-state index contributed by atoms with van der Waals surface area (Å²) >= 11 is 0. The van der Waals surface area contributed by atoms with Crippen molar-refractivity contribution in [3.05, 3.63) is 0 Å². The van der Waals surface area contributed by atoms with Gasteiger partial charge in [0.15, 0.2) is 5.60 Å². The van der Waals surface area contributed by atoms with Crippen LogP contribution in [0.5, 0.6) is 0 Å². The fourth-order valence-electron chi connectivity index (χ4n) is 2.57. The van der Waals surface area contributed by atoms with Crippen LogP contribution in [0.4, 0.5) is 13.2 Å². The van der Waals surface area contributed by atoms with E-state index in [0.29, 0.717) is 13.0 Å². The molecule has 1 aliphatic carbocycles. The first-order valence-electron chi connectivity index (χ1n) is 6.19. The Labute approximate surface area is 104 Å². The van der Waals surface area contributed by atoms with E-state index in [0.717, 1.165) is 12.8 Å². The van der Waals surface area contributed by atoms with Crippen LogP contribution in [0.3, 0.4) is 0 Å². The van der Waals surface area contributed by atoms with Gasteiger partial charge < -0.3 is 10.0 Å². The lowest BCUT2D eigenvalue weighted by Crippen LogP contribution is -2.54. The molecule has 2 fully saturated rings. The van der Waals surface area contributed by atoms with E-state index in [4.69, 9.17) is 5.26 Å². The Balaban J connectivity index is 1.86. The van der Waals surface area contributed by atoms with Crippen LogP contribution in [0.15, 0.2) is 0 Å². The van der Waals surface area contributed by atoms with Gasteiger partial charge in [0.25, 0.3) is 0 Å². The standard InChI is InChI=1S/C12H17F3N2O/c13-12(14,15)11(18)4-7-17(8-5-11)9-10(1-2-10)3-6-16/h18H,1-5,7-9H2. The van der Waals surface area contributed by atoms with Crippen molar-refractivity contribution in [3.8, 4) is 6.07 Å². The number of hydrogen-bond acceptors (Lipinski definition) is 3. The molecule has 1 N–H and O–H groups in total. The Morgan fingerprint density at radius 3 is 2.11 bits per heavy atom. The van der Waals surface area contributed by atoms with E-state index in [9.17, 15) is 18.3 Å². The molecule has 18 heavy (non-hydrogen) atoms. The maximum atomic E-state index is 12.6. The van der Waals surface area contributed by atoms with Crippen LogP contribution in [-0.4, -0.2) is 41.4 Å². The smallest absolute Gasteiger partial charge is 0.380 e. The summed E-state index contributed by atoms with van der Waals surface area (Å²) in [4.78, 5) is 1.95. The van der Waals surface area contributed by atoms with Crippen LogP contribution >= 0.6 is 0 Å². The third-order valence-corrected chi connectivity index (χ3v) is 4.18. The molecule has 2 aliphatic rings. The van der Waals surface area contributed by atoms with Crippen molar-refractivity contribution < 1.29 is 18.3 Å². The summed E-state index contributed by atoms with van der Waals surface area (Å²) in [6, 6.07) is 2.14. The summed E-state index contributed by atoms with van der Waals surface area (Å²) < 4.78 is 37.8. The summed E-state index contributed by atoms with van der Waals surface area (Å²) in [5.41, 5.74) is -2.50. The van der Waals surface area contributed by atoms with Gasteiger partial charge in [0.05, 0.1) is 6.07 Å². The molecular weight excluding hydrogens is 245 g/mol. The number of piperidine rings is 1. The normalized spacial score (nSPS) is 26.6. The lowest BCUT2D eigenvalue weighted by Gasteiger charge is -2.40. The first-order chi connectivity index (χ1) is 8.30. The number of nitriles is 1. The number of alkyl halides is 3. The SMILES string of the molecule is N#CCC1(CN2CCC(O)(C(F)(F)F)CC2)CC1. The van der Waals surface area contributed by atoms with Gasteiger partial charge in [0.2, 0.25) is 0 Å².